The fourth-order valence-corrected chi connectivity index (χ4v) is 1.62. The van der Waals surface area contributed by atoms with Crippen LogP contribution in [0.5, 0.6) is 0 Å². The average molecular weight is 186 g/mol. The summed E-state index contributed by atoms with van der Waals surface area (Å²) in [6, 6.07) is 0.316. The van der Waals surface area contributed by atoms with Crippen LogP contribution >= 0.6 is 0 Å². The number of rotatable bonds is 3. The molecule has 1 saturated heterocycles. The monoisotopic (exact) mass is 186 g/mol. The summed E-state index contributed by atoms with van der Waals surface area (Å²) in [6.45, 7) is 5.39. The van der Waals surface area contributed by atoms with Crippen molar-refractivity contribution in [3.8, 4) is 0 Å². The zero-order valence-corrected chi connectivity index (χ0v) is 8.50. The van der Waals surface area contributed by atoms with Crippen molar-refractivity contribution < 1.29 is 9.90 Å². The smallest absolute Gasteiger partial charge is 0.323 e. The molecule has 13 heavy (non-hydrogen) atoms. The van der Waals surface area contributed by atoms with Crippen molar-refractivity contribution in [3.05, 3.63) is 0 Å². The lowest BCUT2D eigenvalue weighted by molar-refractivity contribution is -0.143. The van der Waals surface area contributed by atoms with E-state index in [-0.39, 0.29) is 0 Å². The van der Waals surface area contributed by atoms with Gasteiger partial charge in [-0.2, -0.15) is 0 Å². The van der Waals surface area contributed by atoms with Crippen LogP contribution in [0, 0.1) is 0 Å². The summed E-state index contributed by atoms with van der Waals surface area (Å²) in [7, 11) is 2.05. The Labute approximate surface area is 78.9 Å². The minimum Gasteiger partial charge on any atom is -0.480 e. The summed E-state index contributed by atoms with van der Waals surface area (Å²) in [4.78, 5) is 13.0. The quantitative estimate of drug-likeness (QED) is 0.658. The topological polar surface area (TPSA) is 52.6 Å². The van der Waals surface area contributed by atoms with Gasteiger partial charge in [0.25, 0.3) is 0 Å². The average Bonchev–Trinajstić information content (AvgIpc) is 2.34. The molecule has 0 saturated carbocycles. The van der Waals surface area contributed by atoms with Gasteiger partial charge in [0.1, 0.15) is 5.54 Å². The van der Waals surface area contributed by atoms with E-state index in [0.717, 1.165) is 19.5 Å². The molecule has 76 valence electrons. The molecule has 4 nitrogen and oxygen atoms in total. The van der Waals surface area contributed by atoms with E-state index in [1.807, 2.05) is 0 Å². The van der Waals surface area contributed by atoms with Crippen molar-refractivity contribution in [1.82, 2.24) is 10.2 Å². The lowest BCUT2D eigenvalue weighted by Gasteiger charge is -2.25. The molecule has 0 aromatic carbocycles. The van der Waals surface area contributed by atoms with Crippen molar-refractivity contribution in [2.75, 3.05) is 20.1 Å². The lowest BCUT2D eigenvalue weighted by Crippen LogP contribution is -2.52. The summed E-state index contributed by atoms with van der Waals surface area (Å²) >= 11 is 0. The summed E-state index contributed by atoms with van der Waals surface area (Å²) in [5.41, 5.74) is -0.810. The first kappa shape index (κ1) is 10.5. The maximum Gasteiger partial charge on any atom is 0.323 e. The first-order valence-electron chi connectivity index (χ1n) is 4.61. The van der Waals surface area contributed by atoms with E-state index in [2.05, 4.69) is 17.3 Å². The highest BCUT2D eigenvalue weighted by Gasteiger charge is 2.31. The number of carbonyl (C=O) groups is 1. The molecule has 0 radical (unpaired) electrons. The molecule has 0 aromatic rings. The summed E-state index contributed by atoms with van der Waals surface area (Å²) in [5, 5.41) is 12.0. The third-order valence-corrected chi connectivity index (χ3v) is 2.49. The van der Waals surface area contributed by atoms with Gasteiger partial charge >= 0.3 is 5.97 Å². The highest BCUT2D eigenvalue weighted by molar-refractivity contribution is 5.77. The van der Waals surface area contributed by atoms with E-state index in [0.29, 0.717) is 6.04 Å². The molecule has 1 aliphatic rings. The van der Waals surface area contributed by atoms with Crippen LogP contribution in [0.15, 0.2) is 0 Å². The molecule has 1 heterocycles. The zero-order chi connectivity index (χ0) is 10.1. The standard InChI is InChI=1S/C9H18N2O2/c1-9(2,8(12)13)10-7-4-5-11(3)6-7/h7,10H,4-6H2,1-3H3,(H,12,13). The molecule has 4 heteroatoms. The van der Waals surface area contributed by atoms with Crippen LogP contribution < -0.4 is 5.32 Å². The first-order chi connectivity index (χ1) is 5.92. The van der Waals surface area contributed by atoms with Crippen molar-refractivity contribution in [2.45, 2.75) is 31.8 Å². The van der Waals surface area contributed by atoms with Gasteiger partial charge < -0.3 is 10.0 Å². The molecule has 2 N–H and O–H groups in total. The van der Waals surface area contributed by atoms with E-state index < -0.39 is 11.5 Å². The number of likely N-dealkylation sites (tertiary alicyclic amines) is 1. The van der Waals surface area contributed by atoms with Crippen molar-refractivity contribution in [1.29, 1.82) is 0 Å². The van der Waals surface area contributed by atoms with Crippen LogP contribution in [0.2, 0.25) is 0 Å². The maximum absolute atomic E-state index is 10.8. The minimum absolute atomic E-state index is 0.316. The lowest BCUT2D eigenvalue weighted by atomic mass is 10.0. The van der Waals surface area contributed by atoms with Gasteiger partial charge in [-0.15, -0.1) is 0 Å². The SMILES string of the molecule is CN1CCC(NC(C)(C)C(=O)O)C1. The molecule has 1 fully saturated rings. The Morgan fingerprint density at radius 3 is 2.62 bits per heavy atom. The molecule has 0 bridgehead atoms. The molecule has 0 amide bonds. The van der Waals surface area contributed by atoms with E-state index in [9.17, 15) is 4.79 Å². The summed E-state index contributed by atoms with van der Waals surface area (Å²) in [5.74, 6) is -0.790. The first-order valence-corrected chi connectivity index (χ1v) is 4.61. The van der Waals surface area contributed by atoms with Crippen LogP contribution in [0.3, 0.4) is 0 Å². The molecule has 0 aliphatic carbocycles. The van der Waals surface area contributed by atoms with Crippen LogP contribution in [0.4, 0.5) is 0 Å². The van der Waals surface area contributed by atoms with Gasteiger partial charge in [0.15, 0.2) is 0 Å². The number of aliphatic carboxylic acids is 1. The number of hydrogen-bond acceptors (Lipinski definition) is 3. The van der Waals surface area contributed by atoms with Gasteiger partial charge in [-0.1, -0.05) is 0 Å². The molecule has 1 aliphatic heterocycles. The predicted molar refractivity (Wildman–Crippen MR) is 50.8 cm³/mol. The van der Waals surface area contributed by atoms with Gasteiger partial charge in [0.2, 0.25) is 0 Å². The third-order valence-electron chi connectivity index (χ3n) is 2.49. The summed E-state index contributed by atoms with van der Waals surface area (Å²) in [6.07, 6.45) is 1.03. The number of likely N-dealkylation sites (N-methyl/N-ethyl adjacent to an activating group) is 1. The number of nitrogens with one attached hydrogen (secondary N) is 1. The number of carboxylic acids is 1. The van der Waals surface area contributed by atoms with E-state index in [1.54, 1.807) is 13.8 Å². The molecule has 0 aromatic heterocycles. The van der Waals surface area contributed by atoms with Gasteiger partial charge in [-0.3, -0.25) is 10.1 Å². The Balaban J connectivity index is 2.44. The van der Waals surface area contributed by atoms with E-state index in [4.69, 9.17) is 5.11 Å². The largest absolute Gasteiger partial charge is 0.480 e. The van der Waals surface area contributed by atoms with E-state index >= 15 is 0 Å². The second kappa shape index (κ2) is 3.64. The number of nitrogens with zero attached hydrogens (tertiary/aromatic N) is 1. The molecular formula is C9H18N2O2. The molecular weight excluding hydrogens is 168 g/mol. The van der Waals surface area contributed by atoms with Gasteiger partial charge in [0.05, 0.1) is 0 Å². The van der Waals surface area contributed by atoms with Crippen molar-refractivity contribution in [2.24, 2.45) is 0 Å². The number of carboxylic acid groups (broad SMARTS) is 1. The number of hydrogen-bond donors (Lipinski definition) is 2. The fraction of sp³-hybridized carbons (Fsp3) is 0.889. The Bertz CT molecular complexity index is 204. The predicted octanol–water partition coefficient (Wildman–Crippen LogP) is 0.143. The van der Waals surface area contributed by atoms with Gasteiger partial charge in [0, 0.05) is 12.6 Å². The normalized spacial score (nSPS) is 25.0. The third kappa shape index (κ3) is 2.67. The highest BCUT2D eigenvalue weighted by atomic mass is 16.4. The molecule has 1 atom stereocenters. The Morgan fingerprint density at radius 2 is 2.23 bits per heavy atom. The van der Waals surface area contributed by atoms with Gasteiger partial charge in [-0.25, -0.2) is 0 Å². The molecule has 0 spiro atoms. The Morgan fingerprint density at radius 1 is 1.62 bits per heavy atom. The zero-order valence-electron chi connectivity index (χ0n) is 8.50. The Kier molecular flexibility index (Phi) is 2.93. The summed E-state index contributed by atoms with van der Waals surface area (Å²) < 4.78 is 0. The van der Waals surface area contributed by atoms with Gasteiger partial charge in [-0.05, 0) is 33.9 Å². The highest BCUT2D eigenvalue weighted by Crippen LogP contribution is 2.11. The maximum atomic E-state index is 10.8. The second-order valence-corrected chi connectivity index (χ2v) is 4.32. The Hall–Kier alpha value is -0.610. The van der Waals surface area contributed by atoms with E-state index in [1.165, 1.54) is 0 Å². The second-order valence-electron chi connectivity index (χ2n) is 4.32. The fourth-order valence-electron chi connectivity index (χ4n) is 1.62. The van der Waals surface area contributed by atoms with Crippen LogP contribution in [-0.4, -0.2) is 47.7 Å². The van der Waals surface area contributed by atoms with Crippen LogP contribution in [-0.2, 0) is 4.79 Å². The van der Waals surface area contributed by atoms with Crippen LogP contribution in [0.25, 0.3) is 0 Å². The molecule has 1 rings (SSSR count). The minimum atomic E-state index is -0.810. The van der Waals surface area contributed by atoms with Crippen LogP contribution in [0.1, 0.15) is 20.3 Å². The molecule has 1 unspecified atom stereocenters. The van der Waals surface area contributed by atoms with Crippen molar-refractivity contribution >= 4 is 5.97 Å². The van der Waals surface area contributed by atoms with Crippen molar-refractivity contribution in [3.63, 3.8) is 0 Å².